The molecule has 106 valence electrons. The van der Waals surface area contributed by atoms with Gasteiger partial charge in [0.2, 0.25) is 0 Å². The van der Waals surface area contributed by atoms with Gasteiger partial charge in [-0.3, -0.25) is 4.90 Å². The van der Waals surface area contributed by atoms with Crippen molar-refractivity contribution < 1.29 is 0 Å². The second kappa shape index (κ2) is 7.46. The lowest BCUT2D eigenvalue weighted by molar-refractivity contribution is 0.113. The van der Waals surface area contributed by atoms with Gasteiger partial charge in [0, 0.05) is 38.8 Å². The fourth-order valence-electron chi connectivity index (χ4n) is 3.58. The number of hydrogen-bond donors (Lipinski definition) is 1. The average Bonchev–Trinajstić information content (AvgIpc) is 2.46. The second-order valence-corrected chi connectivity index (χ2v) is 6.03. The van der Waals surface area contributed by atoms with Crippen LogP contribution in [0.1, 0.15) is 39.0 Å². The predicted octanol–water partition coefficient (Wildman–Crippen LogP) is 1.79. The van der Waals surface area contributed by atoms with Crippen molar-refractivity contribution in [3.05, 3.63) is 0 Å². The maximum Gasteiger partial charge on any atom is 0.0220 e. The molecule has 3 heteroatoms. The van der Waals surface area contributed by atoms with E-state index in [0.717, 1.165) is 12.0 Å². The van der Waals surface area contributed by atoms with E-state index in [0.29, 0.717) is 0 Å². The van der Waals surface area contributed by atoms with Gasteiger partial charge >= 0.3 is 0 Å². The quantitative estimate of drug-likeness (QED) is 0.806. The van der Waals surface area contributed by atoms with Gasteiger partial charge in [-0.05, 0) is 32.4 Å². The van der Waals surface area contributed by atoms with Gasteiger partial charge in [-0.2, -0.15) is 0 Å². The fraction of sp³-hybridized carbons (Fsp3) is 1.00. The lowest BCUT2D eigenvalue weighted by Gasteiger charge is -2.38. The molecule has 0 aromatic rings. The third-order valence-corrected chi connectivity index (χ3v) is 4.96. The molecule has 1 aliphatic heterocycles. The molecule has 0 radical (unpaired) electrons. The molecule has 1 saturated heterocycles. The summed E-state index contributed by atoms with van der Waals surface area (Å²) in [5.41, 5.74) is 0. The van der Waals surface area contributed by atoms with Crippen molar-refractivity contribution in [1.29, 1.82) is 0 Å². The third kappa shape index (κ3) is 3.94. The first kappa shape index (κ1) is 14.3. The van der Waals surface area contributed by atoms with Crippen LogP contribution in [0.2, 0.25) is 0 Å². The highest BCUT2D eigenvalue weighted by molar-refractivity contribution is 4.83. The topological polar surface area (TPSA) is 18.5 Å². The Hall–Kier alpha value is -0.120. The van der Waals surface area contributed by atoms with Crippen LogP contribution in [0.4, 0.5) is 0 Å². The minimum Gasteiger partial charge on any atom is -0.315 e. The minimum absolute atomic E-state index is 0.721. The third-order valence-electron chi connectivity index (χ3n) is 4.96. The standard InChI is InChI=1S/C15H31N3/c1-3-17-9-11-18(12-10-17)13-15(16-2)14-7-5-4-6-8-14/h14-16H,3-13H2,1-2H3. The van der Waals surface area contributed by atoms with E-state index >= 15 is 0 Å². The molecule has 1 unspecified atom stereocenters. The Kier molecular flexibility index (Phi) is 5.93. The smallest absolute Gasteiger partial charge is 0.0220 e. The predicted molar refractivity (Wildman–Crippen MR) is 78.0 cm³/mol. The molecule has 2 fully saturated rings. The van der Waals surface area contributed by atoms with Crippen molar-refractivity contribution in [3.63, 3.8) is 0 Å². The van der Waals surface area contributed by atoms with Gasteiger partial charge in [-0.25, -0.2) is 0 Å². The van der Waals surface area contributed by atoms with Crippen molar-refractivity contribution in [2.45, 2.75) is 45.1 Å². The van der Waals surface area contributed by atoms with Crippen molar-refractivity contribution in [3.8, 4) is 0 Å². The van der Waals surface area contributed by atoms with Crippen LogP contribution < -0.4 is 5.32 Å². The molecular weight excluding hydrogens is 222 g/mol. The van der Waals surface area contributed by atoms with Gasteiger partial charge in [0.15, 0.2) is 0 Å². The molecule has 0 aromatic heterocycles. The molecule has 1 atom stereocenters. The van der Waals surface area contributed by atoms with E-state index in [2.05, 4.69) is 29.1 Å². The van der Waals surface area contributed by atoms with E-state index in [1.807, 2.05) is 0 Å². The lowest BCUT2D eigenvalue weighted by atomic mass is 9.83. The minimum atomic E-state index is 0.721. The number of nitrogens with zero attached hydrogens (tertiary/aromatic N) is 2. The fourth-order valence-corrected chi connectivity index (χ4v) is 3.58. The van der Waals surface area contributed by atoms with Crippen molar-refractivity contribution >= 4 is 0 Å². The van der Waals surface area contributed by atoms with Crippen LogP contribution in [0, 0.1) is 5.92 Å². The first-order valence-corrected chi connectivity index (χ1v) is 7.95. The van der Waals surface area contributed by atoms with E-state index < -0.39 is 0 Å². The number of hydrogen-bond acceptors (Lipinski definition) is 3. The molecule has 1 saturated carbocycles. The number of piperazine rings is 1. The van der Waals surface area contributed by atoms with Gasteiger partial charge in [-0.1, -0.05) is 26.2 Å². The maximum absolute atomic E-state index is 3.59. The van der Waals surface area contributed by atoms with Crippen LogP contribution >= 0.6 is 0 Å². The summed E-state index contributed by atoms with van der Waals surface area (Å²) in [4.78, 5) is 5.23. The largest absolute Gasteiger partial charge is 0.315 e. The first-order chi connectivity index (χ1) is 8.83. The Balaban J connectivity index is 1.76. The van der Waals surface area contributed by atoms with Gasteiger partial charge in [0.1, 0.15) is 0 Å². The summed E-state index contributed by atoms with van der Waals surface area (Å²) in [5, 5.41) is 3.59. The zero-order valence-corrected chi connectivity index (χ0v) is 12.3. The monoisotopic (exact) mass is 253 g/mol. The Labute approximate surface area is 113 Å². The highest BCUT2D eigenvalue weighted by Gasteiger charge is 2.25. The number of likely N-dealkylation sites (N-methyl/N-ethyl adjacent to an activating group) is 2. The molecule has 1 N–H and O–H groups in total. The number of rotatable bonds is 5. The zero-order valence-electron chi connectivity index (χ0n) is 12.3. The molecule has 0 bridgehead atoms. The van der Waals surface area contributed by atoms with Gasteiger partial charge < -0.3 is 10.2 Å². The highest BCUT2D eigenvalue weighted by Crippen LogP contribution is 2.26. The summed E-state index contributed by atoms with van der Waals surface area (Å²) in [7, 11) is 2.15. The van der Waals surface area contributed by atoms with Crippen molar-refractivity contribution in [2.75, 3.05) is 46.3 Å². The molecule has 0 spiro atoms. The summed E-state index contributed by atoms with van der Waals surface area (Å²) in [6, 6.07) is 0.721. The Bertz CT molecular complexity index is 218. The van der Waals surface area contributed by atoms with Crippen molar-refractivity contribution in [1.82, 2.24) is 15.1 Å². The first-order valence-electron chi connectivity index (χ1n) is 7.95. The number of nitrogens with one attached hydrogen (secondary N) is 1. The average molecular weight is 253 g/mol. The molecular formula is C15H31N3. The zero-order chi connectivity index (χ0) is 12.8. The molecule has 1 heterocycles. The molecule has 0 aromatic carbocycles. The van der Waals surface area contributed by atoms with Crippen LogP contribution in [0.25, 0.3) is 0 Å². The van der Waals surface area contributed by atoms with Crippen LogP contribution in [0.15, 0.2) is 0 Å². The molecule has 18 heavy (non-hydrogen) atoms. The Morgan fingerprint density at radius 3 is 2.17 bits per heavy atom. The summed E-state index contributed by atoms with van der Waals surface area (Å²) < 4.78 is 0. The maximum atomic E-state index is 3.59. The molecule has 0 amide bonds. The SMILES string of the molecule is CCN1CCN(CC(NC)C2CCCCC2)CC1. The molecule has 2 rings (SSSR count). The molecule has 1 aliphatic carbocycles. The van der Waals surface area contributed by atoms with E-state index in [1.165, 1.54) is 71.4 Å². The molecule has 2 aliphatic rings. The van der Waals surface area contributed by atoms with Crippen molar-refractivity contribution in [2.24, 2.45) is 5.92 Å². The highest BCUT2D eigenvalue weighted by atomic mass is 15.3. The van der Waals surface area contributed by atoms with Crippen LogP contribution in [0.3, 0.4) is 0 Å². The summed E-state index contributed by atoms with van der Waals surface area (Å²) in [5.74, 6) is 0.924. The summed E-state index contributed by atoms with van der Waals surface area (Å²) in [6.45, 7) is 9.80. The van der Waals surface area contributed by atoms with Gasteiger partial charge in [0.25, 0.3) is 0 Å². The van der Waals surface area contributed by atoms with Crippen LogP contribution in [-0.4, -0.2) is 62.2 Å². The summed E-state index contributed by atoms with van der Waals surface area (Å²) >= 11 is 0. The second-order valence-electron chi connectivity index (χ2n) is 6.03. The van der Waals surface area contributed by atoms with Crippen LogP contribution in [-0.2, 0) is 0 Å². The summed E-state index contributed by atoms with van der Waals surface area (Å²) in [6.07, 6.45) is 7.25. The van der Waals surface area contributed by atoms with Gasteiger partial charge in [0.05, 0.1) is 0 Å². The van der Waals surface area contributed by atoms with E-state index in [1.54, 1.807) is 0 Å². The molecule has 3 nitrogen and oxygen atoms in total. The Morgan fingerprint density at radius 1 is 1.00 bits per heavy atom. The van der Waals surface area contributed by atoms with Gasteiger partial charge in [-0.15, -0.1) is 0 Å². The van der Waals surface area contributed by atoms with E-state index in [4.69, 9.17) is 0 Å². The normalized spacial score (nSPS) is 26.3. The van der Waals surface area contributed by atoms with E-state index in [9.17, 15) is 0 Å². The van der Waals surface area contributed by atoms with E-state index in [-0.39, 0.29) is 0 Å². The lowest BCUT2D eigenvalue weighted by Crippen LogP contribution is -2.52. The van der Waals surface area contributed by atoms with Crippen LogP contribution in [0.5, 0.6) is 0 Å². The Morgan fingerprint density at radius 2 is 1.61 bits per heavy atom.